The quantitative estimate of drug-likeness (QED) is 0.173. The van der Waals surface area contributed by atoms with E-state index in [-0.39, 0.29) is 4.92 Å². The summed E-state index contributed by atoms with van der Waals surface area (Å²) >= 11 is 0. The van der Waals surface area contributed by atoms with E-state index in [4.69, 9.17) is 0 Å². The highest BCUT2D eigenvalue weighted by Gasteiger charge is 2.08. The lowest BCUT2D eigenvalue weighted by Gasteiger charge is -2.00. The third-order valence-electron chi connectivity index (χ3n) is 3.58. The van der Waals surface area contributed by atoms with Crippen molar-refractivity contribution < 1.29 is 9.72 Å². The van der Waals surface area contributed by atoms with Crippen molar-refractivity contribution in [2.24, 2.45) is 0 Å². The number of hydrogen-bond donors (Lipinski definition) is 0. The number of rotatable bonds is 15. The lowest BCUT2D eigenvalue weighted by molar-refractivity contribution is -0.428. The molecule has 0 aromatic carbocycles. The molecule has 0 fully saturated rings. The summed E-state index contributed by atoms with van der Waals surface area (Å²) in [7, 11) is 0. The van der Waals surface area contributed by atoms with Crippen molar-refractivity contribution in [1.82, 2.24) is 0 Å². The Labute approximate surface area is 134 Å². The summed E-state index contributed by atoms with van der Waals surface area (Å²) in [5.41, 5.74) is 0.333. The van der Waals surface area contributed by atoms with Gasteiger partial charge in [-0.05, 0) is 38.2 Å². The zero-order valence-corrected chi connectivity index (χ0v) is 13.9. The highest BCUT2D eigenvalue weighted by Crippen LogP contribution is 2.13. The van der Waals surface area contributed by atoms with E-state index in [1.807, 2.05) is 12.4 Å². The molecule has 0 N–H and O–H groups in total. The summed E-state index contributed by atoms with van der Waals surface area (Å²) in [4.78, 5) is 20.8. The van der Waals surface area contributed by atoms with E-state index in [9.17, 15) is 14.9 Å². The molecule has 0 bridgehead atoms. The van der Waals surface area contributed by atoms with Crippen LogP contribution in [0.2, 0.25) is 0 Å². The van der Waals surface area contributed by atoms with E-state index >= 15 is 0 Å². The average Bonchev–Trinajstić information content (AvgIpc) is 2.50. The fourth-order valence-corrected chi connectivity index (χ4v) is 2.23. The van der Waals surface area contributed by atoms with Crippen LogP contribution in [-0.4, -0.2) is 11.2 Å². The maximum atomic E-state index is 11.0. The molecule has 0 atom stereocenters. The van der Waals surface area contributed by atoms with E-state index in [2.05, 4.69) is 13.0 Å². The van der Waals surface area contributed by atoms with Crippen molar-refractivity contribution >= 4 is 6.29 Å². The second-order valence-corrected chi connectivity index (χ2v) is 5.57. The molecule has 22 heavy (non-hydrogen) atoms. The van der Waals surface area contributed by atoms with Gasteiger partial charge in [0.25, 0.3) is 0 Å². The van der Waals surface area contributed by atoms with Crippen LogP contribution in [0.4, 0.5) is 0 Å². The molecule has 4 heteroatoms. The summed E-state index contributed by atoms with van der Waals surface area (Å²) < 4.78 is 0. The molecular weight excluding hydrogens is 278 g/mol. The van der Waals surface area contributed by atoms with Gasteiger partial charge in [0.1, 0.15) is 0 Å². The average molecular weight is 308 g/mol. The van der Waals surface area contributed by atoms with Crippen molar-refractivity contribution in [2.45, 2.75) is 84.0 Å². The van der Waals surface area contributed by atoms with Crippen molar-refractivity contribution in [3.63, 3.8) is 0 Å². The van der Waals surface area contributed by atoms with Crippen LogP contribution < -0.4 is 0 Å². The van der Waals surface area contributed by atoms with Gasteiger partial charge in [-0.2, -0.15) is 0 Å². The van der Waals surface area contributed by atoms with Crippen LogP contribution in [0.15, 0.2) is 23.9 Å². The fourth-order valence-electron chi connectivity index (χ4n) is 2.23. The zero-order chi connectivity index (χ0) is 16.5. The second kappa shape index (κ2) is 15.9. The van der Waals surface area contributed by atoms with Crippen LogP contribution in [0.25, 0.3) is 0 Å². The molecule has 0 rings (SSSR count). The summed E-state index contributed by atoms with van der Waals surface area (Å²) in [5, 5.41) is 11.0. The highest BCUT2D eigenvalue weighted by molar-refractivity contribution is 5.50. The van der Waals surface area contributed by atoms with E-state index < -0.39 is 0 Å². The molecule has 0 amide bonds. The van der Waals surface area contributed by atoms with Gasteiger partial charge in [-0.3, -0.25) is 14.9 Å². The summed E-state index contributed by atoms with van der Waals surface area (Å²) in [6, 6.07) is 0. The van der Waals surface area contributed by atoms with Crippen LogP contribution >= 0.6 is 0 Å². The minimum absolute atomic E-state index is 0.258. The molecule has 0 heterocycles. The maximum Gasteiger partial charge on any atom is 0.242 e. The Hall–Kier alpha value is -1.45. The third-order valence-corrected chi connectivity index (χ3v) is 3.58. The predicted octanol–water partition coefficient (Wildman–Crippen LogP) is 5.51. The number of nitrogens with zero attached hydrogens (tertiary/aromatic N) is 1. The molecule has 0 saturated carbocycles. The fraction of sp³-hybridized carbons (Fsp3) is 0.722. The van der Waals surface area contributed by atoms with E-state index in [1.54, 1.807) is 6.08 Å². The Morgan fingerprint density at radius 3 is 2.45 bits per heavy atom. The van der Waals surface area contributed by atoms with Crippen molar-refractivity contribution in [3.05, 3.63) is 34.0 Å². The Balaban J connectivity index is 3.82. The molecule has 1 radical (unpaired) electrons. The minimum Gasteiger partial charge on any atom is -0.291 e. The summed E-state index contributed by atoms with van der Waals surface area (Å²) in [5.74, 6) is 0. The summed E-state index contributed by atoms with van der Waals surface area (Å²) in [6.45, 7) is 2.18. The molecule has 0 aromatic rings. The summed E-state index contributed by atoms with van der Waals surface area (Å²) in [6.07, 6.45) is 18.9. The molecule has 125 valence electrons. The van der Waals surface area contributed by atoms with Crippen LogP contribution in [-0.2, 0) is 4.79 Å². The molecular formula is C18H30NO3. The van der Waals surface area contributed by atoms with Gasteiger partial charge in [0.2, 0.25) is 5.70 Å². The van der Waals surface area contributed by atoms with Crippen LogP contribution in [0, 0.1) is 10.1 Å². The van der Waals surface area contributed by atoms with Gasteiger partial charge in [0, 0.05) is 12.8 Å². The number of allylic oxidation sites excluding steroid dienone is 4. The van der Waals surface area contributed by atoms with Gasteiger partial charge in [0.15, 0.2) is 6.29 Å². The van der Waals surface area contributed by atoms with Crippen LogP contribution in [0.1, 0.15) is 84.0 Å². The minimum atomic E-state index is -0.258. The van der Waals surface area contributed by atoms with E-state index in [0.29, 0.717) is 25.0 Å². The number of carbonyl (C=O) groups excluding carboxylic acids is 1. The molecule has 0 aliphatic carbocycles. The lowest BCUT2D eigenvalue weighted by Crippen LogP contribution is -1.98. The van der Waals surface area contributed by atoms with Crippen molar-refractivity contribution in [3.8, 4) is 0 Å². The first-order valence-electron chi connectivity index (χ1n) is 8.55. The lowest BCUT2D eigenvalue weighted by atomic mass is 10.1. The SMILES string of the molecule is CCCCC/C=C/C/C=C(/CCCCCCC[C]=O)[N+](=O)[O-]. The van der Waals surface area contributed by atoms with Gasteiger partial charge >= 0.3 is 0 Å². The zero-order valence-electron chi connectivity index (χ0n) is 13.9. The van der Waals surface area contributed by atoms with Gasteiger partial charge in [-0.15, -0.1) is 0 Å². The molecule has 0 spiro atoms. The van der Waals surface area contributed by atoms with E-state index in [0.717, 1.165) is 38.5 Å². The molecule has 0 saturated heterocycles. The van der Waals surface area contributed by atoms with Gasteiger partial charge < -0.3 is 0 Å². The van der Waals surface area contributed by atoms with Gasteiger partial charge in [-0.25, -0.2) is 0 Å². The Morgan fingerprint density at radius 2 is 1.77 bits per heavy atom. The first-order valence-corrected chi connectivity index (χ1v) is 8.55. The van der Waals surface area contributed by atoms with Gasteiger partial charge in [0.05, 0.1) is 4.92 Å². The first kappa shape index (κ1) is 20.6. The molecule has 0 aliphatic heterocycles. The highest BCUT2D eigenvalue weighted by atomic mass is 16.6. The third kappa shape index (κ3) is 13.5. The molecule has 0 aromatic heterocycles. The van der Waals surface area contributed by atoms with Crippen LogP contribution in [0.3, 0.4) is 0 Å². The smallest absolute Gasteiger partial charge is 0.242 e. The maximum absolute atomic E-state index is 11.0. The number of nitro groups is 1. The Kier molecular flexibility index (Phi) is 14.9. The number of unbranched alkanes of at least 4 members (excludes halogenated alkanes) is 8. The monoisotopic (exact) mass is 308 g/mol. The molecule has 0 aliphatic rings. The molecule has 0 unspecified atom stereocenters. The first-order chi connectivity index (χ1) is 10.7. The topological polar surface area (TPSA) is 60.2 Å². The second-order valence-electron chi connectivity index (χ2n) is 5.57. The largest absolute Gasteiger partial charge is 0.291 e. The molecule has 4 nitrogen and oxygen atoms in total. The predicted molar refractivity (Wildman–Crippen MR) is 91.0 cm³/mol. The van der Waals surface area contributed by atoms with Crippen LogP contribution in [0.5, 0.6) is 0 Å². The Bertz CT molecular complexity index is 348. The van der Waals surface area contributed by atoms with Crippen molar-refractivity contribution in [2.75, 3.05) is 0 Å². The van der Waals surface area contributed by atoms with Crippen molar-refractivity contribution in [1.29, 1.82) is 0 Å². The standard InChI is InChI=1S/C18H30NO3/c1-2-3-4-5-6-9-12-15-18(19(21)22)16-13-10-7-8-11-14-17-20/h6,9,15H,2-5,7-8,10-14,16H2,1H3/b9-6+,18-15-. The van der Waals surface area contributed by atoms with E-state index in [1.165, 1.54) is 19.3 Å². The van der Waals surface area contributed by atoms with Gasteiger partial charge in [-0.1, -0.05) is 51.2 Å². The number of hydrogen-bond acceptors (Lipinski definition) is 3. The normalized spacial score (nSPS) is 12.0. The Morgan fingerprint density at radius 1 is 1.05 bits per heavy atom.